The minimum Gasteiger partial charge on any atom is -0.497 e. The van der Waals surface area contributed by atoms with E-state index in [4.69, 9.17) is 4.74 Å². The molecule has 21 heavy (non-hydrogen) atoms. The zero-order chi connectivity index (χ0) is 15.1. The van der Waals surface area contributed by atoms with Crippen molar-refractivity contribution in [2.24, 2.45) is 0 Å². The maximum atomic E-state index is 12.1. The van der Waals surface area contributed by atoms with Gasteiger partial charge in [-0.1, -0.05) is 31.2 Å². The smallest absolute Gasteiger partial charge is 0.228 e. The summed E-state index contributed by atoms with van der Waals surface area (Å²) in [5, 5.41) is 2.98. The molecule has 0 saturated carbocycles. The van der Waals surface area contributed by atoms with Gasteiger partial charge in [-0.2, -0.15) is 0 Å². The lowest BCUT2D eigenvalue weighted by Crippen LogP contribution is -2.14. The number of hydrogen-bond acceptors (Lipinski definition) is 3. The highest BCUT2D eigenvalue weighted by Crippen LogP contribution is 2.26. The van der Waals surface area contributed by atoms with Crippen LogP contribution in [-0.2, 0) is 11.2 Å². The molecule has 3 nitrogen and oxygen atoms in total. The first-order chi connectivity index (χ1) is 10.2. The molecule has 4 heteroatoms. The number of carbonyl (C=O) groups excluding carboxylic acids is 1. The van der Waals surface area contributed by atoms with Gasteiger partial charge in [0.15, 0.2) is 0 Å². The lowest BCUT2D eigenvalue weighted by molar-refractivity contribution is -0.115. The molecule has 0 aliphatic carbocycles. The largest absolute Gasteiger partial charge is 0.497 e. The van der Waals surface area contributed by atoms with Gasteiger partial charge in [0.25, 0.3) is 0 Å². The van der Waals surface area contributed by atoms with Crippen LogP contribution in [-0.4, -0.2) is 18.8 Å². The fourth-order valence-corrected chi connectivity index (χ4v) is 2.73. The zero-order valence-corrected chi connectivity index (χ0v) is 13.1. The Balaban J connectivity index is 2.01. The van der Waals surface area contributed by atoms with E-state index in [0.29, 0.717) is 6.42 Å². The Kier molecular flexibility index (Phi) is 5.69. The highest BCUT2D eigenvalue weighted by Gasteiger charge is 2.07. The molecular formula is C17H19NO2S. The maximum absolute atomic E-state index is 12.1. The van der Waals surface area contributed by atoms with Crippen LogP contribution >= 0.6 is 11.8 Å². The SMILES string of the molecule is CCSc1ccccc1NC(=O)Cc1ccc(OC)cc1. The van der Waals surface area contributed by atoms with Crippen molar-refractivity contribution in [2.75, 3.05) is 18.2 Å². The predicted molar refractivity (Wildman–Crippen MR) is 88.2 cm³/mol. The topological polar surface area (TPSA) is 38.3 Å². The Hall–Kier alpha value is -1.94. The molecular weight excluding hydrogens is 282 g/mol. The second-order valence-corrected chi connectivity index (χ2v) is 5.81. The Labute approximate surface area is 129 Å². The van der Waals surface area contributed by atoms with Crippen LogP contribution in [0.2, 0.25) is 0 Å². The standard InChI is InChI=1S/C17H19NO2S/c1-3-21-16-7-5-4-6-15(16)18-17(19)12-13-8-10-14(20-2)11-9-13/h4-11H,3,12H2,1-2H3,(H,18,19). The van der Waals surface area contributed by atoms with Crippen molar-refractivity contribution in [3.8, 4) is 5.75 Å². The van der Waals surface area contributed by atoms with Crippen molar-refractivity contribution in [3.05, 3.63) is 54.1 Å². The number of amides is 1. The normalized spacial score (nSPS) is 10.2. The fourth-order valence-electron chi connectivity index (χ4n) is 1.97. The third-order valence-electron chi connectivity index (χ3n) is 2.98. The second-order valence-electron chi connectivity index (χ2n) is 4.50. The van der Waals surface area contributed by atoms with Gasteiger partial charge in [0.1, 0.15) is 5.75 Å². The Morgan fingerprint density at radius 2 is 1.86 bits per heavy atom. The van der Waals surface area contributed by atoms with E-state index in [1.54, 1.807) is 18.9 Å². The molecule has 0 saturated heterocycles. The molecule has 1 amide bonds. The van der Waals surface area contributed by atoms with Crippen molar-refractivity contribution in [1.29, 1.82) is 0 Å². The second kappa shape index (κ2) is 7.74. The molecule has 0 aromatic heterocycles. The molecule has 2 rings (SSSR count). The van der Waals surface area contributed by atoms with Crippen LogP contribution in [0.5, 0.6) is 5.75 Å². The predicted octanol–water partition coefficient (Wildman–Crippen LogP) is 3.99. The first-order valence-electron chi connectivity index (χ1n) is 6.87. The average molecular weight is 301 g/mol. The molecule has 0 unspecified atom stereocenters. The van der Waals surface area contributed by atoms with Crippen LogP contribution in [0.3, 0.4) is 0 Å². The summed E-state index contributed by atoms with van der Waals surface area (Å²) in [5.74, 6) is 1.76. The van der Waals surface area contributed by atoms with Crippen LogP contribution in [0.15, 0.2) is 53.4 Å². The van der Waals surface area contributed by atoms with Crippen molar-refractivity contribution >= 4 is 23.4 Å². The van der Waals surface area contributed by atoms with E-state index in [9.17, 15) is 4.79 Å². The molecule has 0 heterocycles. The number of anilines is 1. The van der Waals surface area contributed by atoms with Crippen LogP contribution in [0.25, 0.3) is 0 Å². The van der Waals surface area contributed by atoms with Gasteiger partial charge < -0.3 is 10.1 Å². The van der Waals surface area contributed by atoms with Gasteiger partial charge >= 0.3 is 0 Å². The minimum atomic E-state index is -0.00989. The van der Waals surface area contributed by atoms with Crippen LogP contribution in [0.1, 0.15) is 12.5 Å². The zero-order valence-electron chi connectivity index (χ0n) is 12.3. The average Bonchev–Trinajstić information content (AvgIpc) is 2.50. The Morgan fingerprint density at radius 1 is 1.14 bits per heavy atom. The van der Waals surface area contributed by atoms with Crippen molar-refractivity contribution in [3.63, 3.8) is 0 Å². The summed E-state index contributed by atoms with van der Waals surface area (Å²) in [6.07, 6.45) is 0.356. The summed E-state index contributed by atoms with van der Waals surface area (Å²) in [4.78, 5) is 13.2. The fraction of sp³-hybridized carbons (Fsp3) is 0.235. The van der Waals surface area contributed by atoms with Crippen molar-refractivity contribution < 1.29 is 9.53 Å². The van der Waals surface area contributed by atoms with E-state index in [0.717, 1.165) is 27.6 Å². The number of hydrogen-bond donors (Lipinski definition) is 1. The summed E-state index contributed by atoms with van der Waals surface area (Å²) in [7, 11) is 1.63. The van der Waals surface area contributed by atoms with Crippen LogP contribution in [0, 0.1) is 0 Å². The Morgan fingerprint density at radius 3 is 2.52 bits per heavy atom. The lowest BCUT2D eigenvalue weighted by atomic mass is 10.1. The number of thioether (sulfide) groups is 1. The Bertz CT molecular complexity index is 596. The van der Waals surface area contributed by atoms with Gasteiger partial charge in [-0.25, -0.2) is 0 Å². The van der Waals surface area contributed by atoms with E-state index in [-0.39, 0.29) is 5.91 Å². The molecule has 0 fully saturated rings. The van der Waals surface area contributed by atoms with E-state index in [1.807, 2.05) is 48.5 Å². The quantitative estimate of drug-likeness (QED) is 0.820. The van der Waals surface area contributed by atoms with Crippen molar-refractivity contribution in [1.82, 2.24) is 0 Å². The molecule has 0 radical (unpaired) electrons. The summed E-state index contributed by atoms with van der Waals surface area (Å²) in [6, 6.07) is 15.4. The van der Waals surface area contributed by atoms with Gasteiger partial charge in [0.2, 0.25) is 5.91 Å². The van der Waals surface area contributed by atoms with Gasteiger partial charge in [-0.3, -0.25) is 4.79 Å². The molecule has 2 aromatic rings. The van der Waals surface area contributed by atoms with Gasteiger partial charge in [0, 0.05) is 4.90 Å². The summed E-state index contributed by atoms with van der Waals surface area (Å²) in [5.41, 5.74) is 1.84. The monoisotopic (exact) mass is 301 g/mol. The third kappa shape index (κ3) is 4.53. The van der Waals surface area contributed by atoms with E-state index < -0.39 is 0 Å². The highest BCUT2D eigenvalue weighted by atomic mass is 32.2. The molecule has 0 aliphatic heterocycles. The van der Waals surface area contributed by atoms with Crippen LogP contribution < -0.4 is 10.1 Å². The van der Waals surface area contributed by atoms with E-state index in [1.165, 1.54) is 0 Å². The number of para-hydroxylation sites is 1. The van der Waals surface area contributed by atoms with Gasteiger partial charge in [0.05, 0.1) is 19.2 Å². The molecule has 0 atom stereocenters. The maximum Gasteiger partial charge on any atom is 0.228 e. The van der Waals surface area contributed by atoms with Crippen LogP contribution in [0.4, 0.5) is 5.69 Å². The number of methoxy groups -OCH3 is 1. The lowest BCUT2D eigenvalue weighted by Gasteiger charge is -2.10. The minimum absolute atomic E-state index is 0.00989. The number of ether oxygens (including phenoxy) is 1. The number of carbonyl (C=O) groups is 1. The highest BCUT2D eigenvalue weighted by molar-refractivity contribution is 7.99. The van der Waals surface area contributed by atoms with E-state index in [2.05, 4.69) is 12.2 Å². The molecule has 2 aromatic carbocycles. The third-order valence-corrected chi connectivity index (χ3v) is 3.94. The number of benzene rings is 2. The number of nitrogens with one attached hydrogen (secondary N) is 1. The summed E-state index contributed by atoms with van der Waals surface area (Å²) in [6.45, 7) is 2.10. The summed E-state index contributed by atoms with van der Waals surface area (Å²) >= 11 is 1.72. The molecule has 1 N–H and O–H groups in total. The van der Waals surface area contributed by atoms with Crippen molar-refractivity contribution in [2.45, 2.75) is 18.2 Å². The van der Waals surface area contributed by atoms with Gasteiger partial charge in [-0.15, -0.1) is 11.8 Å². The molecule has 110 valence electrons. The van der Waals surface area contributed by atoms with E-state index >= 15 is 0 Å². The molecule has 0 bridgehead atoms. The summed E-state index contributed by atoms with van der Waals surface area (Å²) < 4.78 is 5.11. The molecule has 0 aliphatic rings. The first kappa shape index (κ1) is 15.4. The van der Waals surface area contributed by atoms with Gasteiger partial charge in [-0.05, 0) is 35.6 Å². The number of rotatable bonds is 6. The first-order valence-corrected chi connectivity index (χ1v) is 7.86. The molecule has 0 spiro atoms.